The fraction of sp³-hybridized carbons (Fsp3) is 1.00. The lowest BCUT2D eigenvalue weighted by Crippen LogP contribution is -2.68. The van der Waals surface area contributed by atoms with Crippen LogP contribution in [-0.2, 0) is 0 Å². The molecule has 12 aliphatic heterocycles. The molecule has 12 aliphatic rings. The third-order valence-corrected chi connectivity index (χ3v) is 14.7. The second-order valence-electron chi connectivity index (χ2n) is 17.1. The molecule has 12 heterocycles. The highest BCUT2D eigenvalue weighted by Crippen LogP contribution is 2.25. The summed E-state index contributed by atoms with van der Waals surface area (Å²) in [6.45, 7) is 39.6. The molecule has 0 N–H and O–H groups in total. The van der Waals surface area contributed by atoms with E-state index in [-0.39, 0.29) is 0 Å². The summed E-state index contributed by atoms with van der Waals surface area (Å²) in [5, 5.41) is 0. The average molecular weight is 617 g/mol. The van der Waals surface area contributed by atoms with Crippen molar-refractivity contribution in [1.82, 2.24) is 19.6 Å². The van der Waals surface area contributed by atoms with Gasteiger partial charge in [-0.2, -0.15) is 0 Å². The summed E-state index contributed by atoms with van der Waals surface area (Å²) in [6.07, 6.45) is 11.9. The second kappa shape index (κ2) is 14.4. The Labute approximate surface area is 271 Å². The van der Waals surface area contributed by atoms with Crippen molar-refractivity contribution >= 4 is 0 Å². The summed E-state index contributed by atoms with van der Waals surface area (Å²) in [4.78, 5) is 10.6. The number of fused-ring (bicyclic) bond motifs is 12. The van der Waals surface area contributed by atoms with Crippen LogP contribution in [0.15, 0.2) is 0 Å². The molecule has 12 rings (SSSR count). The zero-order valence-corrected chi connectivity index (χ0v) is 29.0. The van der Waals surface area contributed by atoms with Gasteiger partial charge in [0.15, 0.2) is 0 Å². The molecule has 252 valence electrons. The topological polar surface area (TPSA) is 13.0 Å². The van der Waals surface area contributed by atoms with Gasteiger partial charge in [-0.25, -0.2) is 0 Å². The van der Waals surface area contributed by atoms with Gasteiger partial charge in [-0.1, -0.05) is 12.8 Å². The fourth-order valence-electron chi connectivity index (χ4n) is 10.8. The Morgan fingerprint density at radius 3 is 0.591 bits per heavy atom. The van der Waals surface area contributed by atoms with Crippen molar-refractivity contribution in [3.8, 4) is 0 Å². The van der Waals surface area contributed by atoms with Gasteiger partial charge in [0.05, 0.1) is 105 Å². The van der Waals surface area contributed by atoms with Gasteiger partial charge in [-0.15, -0.1) is 0 Å². The molecule has 12 fully saturated rings. The summed E-state index contributed by atoms with van der Waals surface area (Å²) in [5.41, 5.74) is 0. The van der Waals surface area contributed by atoms with Crippen LogP contribution in [0.5, 0.6) is 0 Å². The van der Waals surface area contributed by atoms with Crippen molar-refractivity contribution in [2.24, 2.45) is 0 Å². The van der Waals surface area contributed by atoms with Gasteiger partial charge < -0.3 is 17.9 Å². The first-order chi connectivity index (χ1) is 21.6. The summed E-state index contributed by atoms with van der Waals surface area (Å²) in [5.74, 6) is 0. The molecule has 0 spiro atoms. The monoisotopic (exact) mass is 617 g/mol. The lowest BCUT2D eigenvalue weighted by molar-refractivity contribution is -0.946. The fourth-order valence-corrected chi connectivity index (χ4v) is 10.8. The van der Waals surface area contributed by atoms with Crippen molar-refractivity contribution < 1.29 is 17.9 Å². The number of hydrogen-bond donors (Lipinski definition) is 0. The first-order valence-corrected chi connectivity index (χ1v) is 19.9. The van der Waals surface area contributed by atoms with E-state index in [4.69, 9.17) is 0 Å². The number of unbranched alkanes of at least 4 members (excludes halogenated alkanes) is 6. The summed E-state index contributed by atoms with van der Waals surface area (Å²) in [7, 11) is 0. The van der Waals surface area contributed by atoms with Gasteiger partial charge in [0, 0.05) is 91.4 Å². The van der Waals surface area contributed by atoms with Crippen LogP contribution in [0.1, 0.15) is 51.4 Å². The number of hydrogen-bond acceptors (Lipinski definition) is 4. The van der Waals surface area contributed by atoms with Crippen LogP contribution in [0.3, 0.4) is 0 Å². The van der Waals surface area contributed by atoms with Crippen LogP contribution in [0, 0.1) is 0 Å². The minimum atomic E-state index is 1.37. The molecular formula is C36H72N8+4. The molecule has 44 heavy (non-hydrogen) atoms. The van der Waals surface area contributed by atoms with Crippen molar-refractivity contribution in [3.05, 3.63) is 0 Å². The number of rotatable bonds is 14. The van der Waals surface area contributed by atoms with Gasteiger partial charge in [-0.3, -0.25) is 19.6 Å². The lowest BCUT2D eigenvalue weighted by Gasteiger charge is -2.51. The normalized spacial score (nSPS) is 43.6. The number of nitrogens with zero attached hydrogens (tertiary/aromatic N) is 8. The Kier molecular flexibility index (Phi) is 10.6. The molecule has 12 saturated heterocycles. The maximum atomic E-state index is 2.66. The van der Waals surface area contributed by atoms with E-state index < -0.39 is 0 Å². The largest absolute Gasteiger partial charge is 0.320 e. The van der Waals surface area contributed by atoms with Crippen LogP contribution in [-0.4, -0.2) is 221 Å². The Balaban J connectivity index is 0.000000144. The molecule has 0 radical (unpaired) electrons. The van der Waals surface area contributed by atoms with Crippen LogP contribution < -0.4 is 0 Å². The molecule has 0 aromatic rings. The van der Waals surface area contributed by atoms with E-state index in [2.05, 4.69) is 19.6 Å². The zero-order valence-electron chi connectivity index (χ0n) is 29.0. The van der Waals surface area contributed by atoms with E-state index in [1.54, 1.807) is 0 Å². The SMILES string of the molecule is C(CCCC[N+]12CCN(CC1)CC2)CCC[N+]12CCN(CC1)CC2.C(CC[N+]12CCN(CC1)CC2)C[N+]12CCN(CC1)CC2. The summed E-state index contributed by atoms with van der Waals surface area (Å²) < 4.78 is 5.86. The van der Waals surface area contributed by atoms with Crippen molar-refractivity contribution in [3.63, 3.8) is 0 Å². The zero-order chi connectivity index (χ0) is 29.8. The molecule has 0 aromatic heterocycles. The highest BCUT2D eigenvalue weighted by molar-refractivity contribution is 4.74. The highest BCUT2D eigenvalue weighted by Gasteiger charge is 2.41. The van der Waals surface area contributed by atoms with Crippen molar-refractivity contribution in [2.45, 2.75) is 51.4 Å². The average Bonchev–Trinajstić information content (AvgIpc) is 3.11. The Bertz CT molecular complexity index is 751. The lowest BCUT2D eigenvalue weighted by atomic mass is 10.1. The standard InChI is InChI=1S/C20H40N4.C16H32N4/c1(3-5-13-23-15-7-21(8-16-23)9-17-23)2-4-6-14-24-18-10-22(11-19-24)12-20-24;1(9-19-11-3-17(4-12-19)5-13-19)2-10-20-14-6-18(7-15-20)8-16-20/h1-20H2;1-16H2/q2*+2. The molecule has 0 unspecified atom stereocenters. The third kappa shape index (κ3) is 7.86. The van der Waals surface area contributed by atoms with E-state index in [0.29, 0.717) is 0 Å². The van der Waals surface area contributed by atoms with E-state index in [9.17, 15) is 0 Å². The third-order valence-electron chi connectivity index (χ3n) is 14.7. The predicted molar refractivity (Wildman–Crippen MR) is 182 cm³/mol. The van der Waals surface area contributed by atoms with E-state index in [0.717, 1.165) is 0 Å². The minimum absolute atomic E-state index is 1.37. The van der Waals surface area contributed by atoms with Gasteiger partial charge in [0.25, 0.3) is 0 Å². The van der Waals surface area contributed by atoms with Gasteiger partial charge in [0.2, 0.25) is 0 Å². The Morgan fingerprint density at radius 1 is 0.227 bits per heavy atom. The predicted octanol–water partition coefficient (Wildman–Crippen LogP) is 1.68. The smallest absolute Gasteiger partial charge is 0.0916 e. The summed E-state index contributed by atoms with van der Waals surface area (Å²) >= 11 is 0. The number of piperazine rings is 12. The highest BCUT2D eigenvalue weighted by atomic mass is 15.5. The van der Waals surface area contributed by atoms with Gasteiger partial charge in [0.1, 0.15) is 0 Å². The van der Waals surface area contributed by atoms with E-state index in [1.807, 2.05) is 0 Å². The van der Waals surface area contributed by atoms with Crippen LogP contribution in [0.4, 0.5) is 0 Å². The molecule has 0 atom stereocenters. The van der Waals surface area contributed by atoms with Crippen LogP contribution >= 0.6 is 0 Å². The Hall–Kier alpha value is -0.320. The van der Waals surface area contributed by atoms with Crippen molar-refractivity contribution in [2.75, 3.05) is 183 Å². The van der Waals surface area contributed by atoms with Crippen LogP contribution in [0.25, 0.3) is 0 Å². The first kappa shape index (κ1) is 32.2. The second-order valence-corrected chi connectivity index (χ2v) is 17.1. The number of quaternary nitrogens is 4. The molecule has 0 aromatic carbocycles. The molecule has 8 nitrogen and oxygen atoms in total. The quantitative estimate of drug-likeness (QED) is 0.218. The molecule has 0 saturated carbocycles. The molecule has 8 heteroatoms. The first-order valence-electron chi connectivity index (χ1n) is 19.9. The van der Waals surface area contributed by atoms with E-state index >= 15 is 0 Å². The van der Waals surface area contributed by atoms with E-state index in [1.165, 1.54) is 253 Å². The molecule has 0 amide bonds. The maximum Gasteiger partial charge on any atom is 0.0916 e. The van der Waals surface area contributed by atoms with Gasteiger partial charge in [-0.05, 0) is 25.7 Å². The van der Waals surface area contributed by atoms with Gasteiger partial charge >= 0.3 is 0 Å². The summed E-state index contributed by atoms with van der Waals surface area (Å²) in [6, 6.07) is 0. The molecule has 8 bridgehead atoms. The molecular weight excluding hydrogens is 544 g/mol. The van der Waals surface area contributed by atoms with Crippen molar-refractivity contribution in [1.29, 1.82) is 0 Å². The maximum absolute atomic E-state index is 2.66. The Morgan fingerprint density at radius 2 is 0.386 bits per heavy atom. The van der Waals surface area contributed by atoms with Crippen LogP contribution in [0.2, 0.25) is 0 Å². The molecule has 0 aliphatic carbocycles. The minimum Gasteiger partial charge on any atom is -0.320 e.